The summed E-state index contributed by atoms with van der Waals surface area (Å²) in [7, 11) is 1.87. The van der Waals surface area contributed by atoms with E-state index in [-0.39, 0.29) is 0 Å². The number of rotatable bonds is 7. The topological polar surface area (TPSA) is 62.3 Å². The number of nitrogens with zero attached hydrogens (tertiary/aromatic N) is 3. The van der Waals surface area contributed by atoms with Crippen LogP contribution in [0.2, 0.25) is 0 Å². The summed E-state index contributed by atoms with van der Waals surface area (Å²) in [6.45, 7) is 5.85. The zero-order valence-electron chi connectivity index (χ0n) is 12.2. The van der Waals surface area contributed by atoms with E-state index in [1.807, 2.05) is 19.4 Å². The van der Waals surface area contributed by atoms with Gasteiger partial charge >= 0.3 is 0 Å². The van der Waals surface area contributed by atoms with Gasteiger partial charge in [0, 0.05) is 32.7 Å². The largest absolute Gasteiger partial charge is 0.379 e. The van der Waals surface area contributed by atoms with Gasteiger partial charge in [0.25, 0.3) is 0 Å². The Hall–Kier alpha value is -1.05. The van der Waals surface area contributed by atoms with Gasteiger partial charge in [-0.2, -0.15) is 0 Å². The highest BCUT2D eigenvalue weighted by molar-refractivity contribution is 7.98. The predicted molar refractivity (Wildman–Crippen MR) is 83.7 cm³/mol. The van der Waals surface area contributed by atoms with Gasteiger partial charge in [0.05, 0.1) is 13.2 Å². The molecule has 112 valence electrons. The Morgan fingerprint density at radius 2 is 2.05 bits per heavy atom. The van der Waals surface area contributed by atoms with Crippen LogP contribution in [0, 0.1) is 0 Å². The highest BCUT2D eigenvalue weighted by Gasteiger charge is 2.09. The molecule has 1 aromatic rings. The second kappa shape index (κ2) is 8.28. The number of nitrogens with one attached hydrogen (secondary N) is 2. The van der Waals surface area contributed by atoms with Gasteiger partial charge in [0.2, 0.25) is 0 Å². The van der Waals surface area contributed by atoms with E-state index >= 15 is 0 Å². The molecule has 0 unspecified atom stereocenters. The van der Waals surface area contributed by atoms with Crippen LogP contribution in [0.25, 0.3) is 0 Å². The average molecular weight is 297 g/mol. The van der Waals surface area contributed by atoms with Gasteiger partial charge in [-0.25, -0.2) is 9.97 Å². The number of thioether (sulfide) groups is 1. The first-order valence-electron chi connectivity index (χ1n) is 6.96. The zero-order chi connectivity index (χ0) is 14.2. The molecule has 0 saturated carbocycles. The average Bonchev–Trinajstić information content (AvgIpc) is 2.52. The molecule has 20 heavy (non-hydrogen) atoms. The van der Waals surface area contributed by atoms with E-state index in [2.05, 4.69) is 25.5 Å². The van der Waals surface area contributed by atoms with Crippen LogP contribution in [0.3, 0.4) is 0 Å². The normalized spacial score (nSPS) is 16.1. The van der Waals surface area contributed by atoms with Crippen LogP contribution in [0.1, 0.15) is 6.42 Å². The van der Waals surface area contributed by atoms with Crippen molar-refractivity contribution in [1.29, 1.82) is 0 Å². The van der Waals surface area contributed by atoms with E-state index in [0.29, 0.717) is 0 Å². The van der Waals surface area contributed by atoms with Crippen LogP contribution in [0.5, 0.6) is 0 Å². The van der Waals surface area contributed by atoms with E-state index in [1.54, 1.807) is 11.8 Å². The van der Waals surface area contributed by atoms with E-state index in [9.17, 15) is 0 Å². The highest BCUT2D eigenvalue weighted by atomic mass is 32.2. The summed E-state index contributed by atoms with van der Waals surface area (Å²) in [6, 6.07) is 1.94. The van der Waals surface area contributed by atoms with E-state index in [4.69, 9.17) is 4.74 Å². The zero-order valence-corrected chi connectivity index (χ0v) is 13.0. The van der Waals surface area contributed by atoms with Crippen LogP contribution in [-0.2, 0) is 4.74 Å². The number of hydrogen-bond donors (Lipinski definition) is 2. The van der Waals surface area contributed by atoms with Crippen LogP contribution >= 0.6 is 11.8 Å². The monoisotopic (exact) mass is 297 g/mol. The minimum atomic E-state index is 0.785. The Morgan fingerprint density at radius 1 is 1.30 bits per heavy atom. The maximum absolute atomic E-state index is 5.34. The summed E-state index contributed by atoms with van der Waals surface area (Å²) in [5.41, 5.74) is 0. The van der Waals surface area contributed by atoms with Crippen LogP contribution in [-0.4, -0.2) is 67.6 Å². The van der Waals surface area contributed by atoms with Gasteiger partial charge in [0.1, 0.15) is 11.6 Å². The van der Waals surface area contributed by atoms with Crippen molar-refractivity contribution in [3.63, 3.8) is 0 Å². The first-order valence-corrected chi connectivity index (χ1v) is 8.19. The van der Waals surface area contributed by atoms with Crippen molar-refractivity contribution < 1.29 is 4.74 Å². The first-order chi connectivity index (χ1) is 9.81. The van der Waals surface area contributed by atoms with Gasteiger partial charge in [-0.15, -0.1) is 0 Å². The summed E-state index contributed by atoms with van der Waals surface area (Å²) in [4.78, 5) is 11.2. The molecule has 1 fully saturated rings. The Morgan fingerprint density at radius 3 is 2.75 bits per heavy atom. The van der Waals surface area contributed by atoms with Gasteiger partial charge in [-0.05, 0) is 19.2 Å². The van der Waals surface area contributed by atoms with E-state index in [0.717, 1.165) is 62.6 Å². The van der Waals surface area contributed by atoms with Crippen molar-refractivity contribution in [1.82, 2.24) is 14.9 Å². The lowest BCUT2D eigenvalue weighted by Gasteiger charge is -2.26. The summed E-state index contributed by atoms with van der Waals surface area (Å²) in [5.74, 6) is 1.73. The fraction of sp³-hybridized carbons (Fsp3) is 0.692. The predicted octanol–water partition coefficient (Wildman–Crippen LogP) is 1.37. The minimum Gasteiger partial charge on any atom is -0.379 e. The molecule has 1 aliphatic rings. The number of hydrogen-bond acceptors (Lipinski definition) is 7. The lowest BCUT2D eigenvalue weighted by atomic mass is 10.3. The highest BCUT2D eigenvalue weighted by Crippen LogP contribution is 2.16. The Balaban J connectivity index is 1.75. The molecule has 2 rings (SSSR count). The summed E-state index contributed by atoms with van der Waals surface area (Å²) < 4.78 is 5.34. The first kappa shape index (κ1) is 15.3. The van der Waals surface area contributed by atoms with Gasteiger partial charge in [-0.1, -0.05) is 11.8 Å². The molecule has 1 aliphatic heterocycles. The summed E-state index contributed by atoms with van der Waals surface area (Å²) >= 11 is 1.55. The third-order valence-corrected chi connectivity index (χ3v) is 3.75. The van der Waals surface area contributed by atoms with Crippen LogP contribution in [0.4, 0.5) is 11.6 Å². The molecular formula is C13H23N5OS. The van der Waals surface area contributed by atoms with Crippen molar-refractivity contribution in [3.8, 4) is 0 Å². The molecule has 0 aliphatic carbocycles. The smallest absolute Gasteiger partial charge is 0.191 e. The van der Waals surface area contributed by atoms with E-state index < -0.39 is 0 Å². The van der Waals surface area contributed by atoms with Crippen LogP contribution < -0.4 is 10.6 Å². The molecule has 1 aromatic heterocycles. The number of anilines is 2. The Labute approximate surface area is 124 Å². The van der Waals surface area contributed by atoms with Crippen LogP contribution in [0.15, 0.2) is 11.2 Å². The fourth-order valence-corrected chi connectivity index (χ4v) is 2.46. The summed E-state index contributed by atoms with van der Waals surface area (Å²) in [5, 5.41) is 7.21. The molecule has 0 spiro atoms. The third-order valence-electron chi connectivity index (χ3n) is 3.21. The SMILES string of the molecule is CNc1cc(NCCCN2CCOCC2)nc(SC)n1. The molecule has 2 N–H and O–H groups in total. The second-order valence-electron chi connectivity index (χ2n) is 4.61. The Bertz CT molecular complexity index is 389. The van der Waals surface area contributed by atoms with Gasteiger partial charge in [-0.3, -0.25) is 4.90 Å². The molecular weight excluding hydrogens is 274 g/mol. The molecule has 0 aromatic carbocycles. The molecule has 6 nitrogen and oxygen atoms in total. The standard InChI is InChI=1S/C13H23N5OS/c1-14-11-10-12(17-13(16-11)20-2)15-4-3-5-18-6-8-19-9-7-18/h10H,3-9H2,1-2H3,(H2,14,15,16,17). The molecule has 0 atom stereocenters. The van der Waals surface area contributed by atoms with Crippen molar-refractivity contribution in [3.05, 3.63) is 6.07 Å². The molecule has 1 saturated heterocycles. The lowest BCUT2D eigenvalue weighted by Crippen LogP contribution is -2.37. The summed E-state index contributed by atoms with van der Waals surface area (Å²) in [6.07, 6.45) is 3.09. The van der Waals surface area contributed by atoms with Crippen molar-refractivity contribution in [2.24, 2.45) is 0 Å². The maximum Gasteiger partial charge on any atom is 0.191 e. The van der Waals surface area contributed by atoms with Crippen molar-refractivity contribution in [2.75, 3.05) is 63.3 Å². The second-order valence-corrected chi connectivity index (χ2v) is 5.38. The van der Waals surface area contributed by atoms with Gasteiger partial charge in [0.15, 0.2) is 5.16 Å². The molecule has 0 bridgehead atoms. The minimum absolute atomic E-state index is 0.785. The molecule has 0 radical (unpaired) electrons. The molecule has 7 heteroatoms. The van der Waals surface area contributed by atoms with E-state index in [1.165, 1.54) is 0 Å². The van der Waals surface area contributed by atoms with Crippen molar-refractivity contribution in [2.45, 2.75) is 11.6 Å². The quantitative estimate of drug-likeness (QED) is 0.448. The number of ether oxygens (including phenoxy) is 1. The fourth-order valence-electron chi connectivity index (χ4n) is 2.08. The maximum atomic E-state index is 5.34. The van der Waals surface area contributed by atoms with Crippen molar-refractivity contribution >= 4 is 23.4 Å². The molecule has 2 heterocycles. The molecule has 0 amide bonds. The lowest BCUT2D eigenvalue weighted by molar-refractivity contribution is 0.0378. The van der Waals surface area contributed by atoms with Gasteiger partial charge < -0.3 is 15.4 Å². The Kier molecular flexibility index (Phi) is 6.35. The number of aromatic nitrogens is 2. The third kappa shape index (κ3) is 4.81. The number of morpholine rings is 1.